The van der Waals surface area contributed by atoms with Crippen LogP contribution in [-0.4, -0.2) is 0 Å². The summed E-state index contributed by atoms with van der Waals surface area (Å²) >= 11 is 3.34. The quantitative estimate of drug-likeness (QED) is 0.883. The molecule has 1 saturated carbocycles. The molecule has 0 bridgehead atoms. The minimum Gasteiger partial charge on any atom is -0.324 e. The molecule has 0 saturated heterocycles. The van der Waals surface area contributed by atoms with Gasteiger partial charge in [-0.2, -0.15) is 0 Å². The Balaban J connectivity index is 2.13. The van der Waals surface area contributed by atoms with E-state index < -0.39 is 0 Å². The van der Waals surface area contributed by atoms with Crippen LogP contribution < -0.4 is 5.73 Å². The number of hydrogen-bond acceptors (Lipinski definition) is 1. The van der Waals surface area contributed by atoms with Gasteiger partial charge in [0, 0.05) is 10.5 Å². The second-order valence-corrected chi connectivity index (χ2v) is 4.81. The van der Waals surface area contributed by atoms with Gasteiger partial charge in [0.05, 0.1) is 0 Å². The van der Waals surface area contributed by atoms with Gasteiger partial charge in [0.15, 0.2) is 0 Å². The SMILES string of the molecule is N[C@@H](CC1CC1)c1ccc(F)cc1Br. The third-order valence-corrected chi connectivity index (χ3v) is 3.33. The fraction of sp³-hybridized carbons (Fsp3) is 0.455. The molecule has 1 aliphatic carbocycles. The molecule has 1 nitrogen and oxygen atoms in total. The van der Waals surface area contributed by atoms with Crippen LogP contribution in [0, 0.1) is 11.7 Å². The first-order valence-corrected chi connectivity index (χ1v) is 5.66. The summed E-state index contributed by atoms with van der Waals surface area (Å²) < 4.78 is 13.6. The lowest BCUT2D eigenvalue weighted by molar-refractivity contribution is 0.588. The predicted molar refractivity (Wildman–Crippen MR) is 58.4 cm³/mol. The Bertz CT molecular complexity index is 336. The van der Waals surface area contributed by atoms with E-state index in [9.17, 15) is 4.39 Å². The Morgan fingerprint density at radius 2 is 2.21 bits per heavy atom. The monoisotopic (exact) mass is 257 g/mol. The van der Waals surface area contributed by atoms with Crippen molar-refractivity contribution in [2.45, 2.75) is 25.3 Å². The Kier molecular flexibility index (Phi) is 2.88. The van der Waals surface area contributed by atoms with Crippen LogP contribution in [0.25, 0.3) is 0 Å². The Morgan fingerprint density at radius 1 is 1.50 bits per heavy atom. The molecule has 1 aromatic rings. The van der Waals surface area contributed by atoms with Gasteiger partial charge in [-0.05, 0) is 30.0 Å². The number of rotatable bonds is 3. The summed E-state index contributed by atoms with van der Waals surface area (Å²) in [6, 6.07) is 4.75. The van der Waals surface area contributed by atoms with Crippen LogP contribution in [-0.2, 0) is 0 Å². The highest BCUT2D eigenvalue weighted by atomic mass is 79.9. The van der Waals surface area contributed by atoms with Crippen LogP contribution in [0.5, 0.6) is 0 Å². The average Bonchev–Trinajstić information content (AvgIpc) is 2.87. The lowest BCUT2D eigenvalue weighted by Crippen LogP contribution is -2.11. The van der Waals surface area contributed by atoms with Crippen molar-refractivity contribution in [3.63, 3.8) is 0 Å². The molecular formula is C11H13BrFN. The fourth-order valence-electron chi connectivity index (χ4n) is 1.64. The van der Waals surface area contributed by atoms with Gasteiger partial charge >= 0.3 is 0 Å². The number of hydrogen-bond donors (Lipinski definition) is 1. The lowest BCUT2D eigenvalue weighted by Gasteiger charge is -2.13. The van der Waals surface area contributed by atoms with Gasteiger partial charge in [-0.25, -0.2) is 4.39 Å². The summed E-state index contributed by atoms with van der Waals surface area (Å²) in [6.45, 7) is 0. The van der Waals surface area contributed by atoms with Gasteiger partial charge in [0.2, 0.25) is 0 Å². The largest absolute Gasteiger partial charge is 0.324 e. The maximum Gasteiger partial charge on any atom is 0.124 e. The lowest BCUT2D eigenvalue weighted by atomic mass is 10.0. The number of halogens is 2. The van der Waals surface area contributed by atoms with Crippen molar-refractivity contribution < 1.29 is 4.39 Å². The minimum absolute atomic E-state index is 0.0393. The Morgan fingerprint density at radius 3 is 2.79 bits per heavy atom. The maximum absolute atomic E-state index is 12.8. The van der Waals surface area contributed by atoms with E-state index in [4.69, 9.17) is 5.73 Å². The smallest absolute Gasteiger partial charge is 0.124 e. The van der Waals surface area contributed by atoms with E-state index in [1.54, 1.807) is 6.07 Å². The van der Waals surface area contributed by atoms with E-state index in [1.165, 1.54) is 25.0 Å². The second kappa shape index (κ2) is 3.99. The Labute approximate surface area is 91.6 Å². The van der Waals surface area contributed by atoms with Crippen LogP contribution in [0.15, 0.2) is 22.7 Å². The van der Waals surface area contributed by atoms with E-state index in [-0.39, 0.29) is 11.9 Å². The van der Waals surface area contributed by atoms with Crippen molar-refractivity contribution in [2.75, 3.05) is 0 Å². The van der Waals surface area contributed by atoms with E-state index in [2.05, 4.69) is 15.9 Å². The van der Waals surface area contributed by atoms with Gasteiger partial charge in [-0.1, -0.05) is 34.8 Å². The zero-order chi connectivity index (χ0) is 10.1. The van der Waals surface area contributed by atoms with Crippen molar-refractivity contribution in [1.29, 1.82) is 0 Å². The summed E-state index contributed by atoms with van der Waals surface area (Å²) in [5.74, 6) is 0.571. The molecule has 3 heteroatoms. The molecule has 14 heavy (non-hydrogen) atoms. The zero-order valence-corrected chi connectivity index (χ0v) is 9.43. The first-order valence-electron chi connectivity index (χ1n) is 4.87. The summed E-state index contributed by atoms with van der Waals surface area (Å²) in [4.78, 5) is 0. The first kappa shape index (κ1) is 10.1. The van der Waals surface area contributed by atoms with Gasteiger partial charge in [-0.3, -0.25) is 0 Å². The van der Waals surface area contributed by atoms with Gasteiger partial charge in [0.25, 0.3) is 0 Å². The van der Waals surface area contributed by atoms with Crippen molar-refractivity contribution in [3.05, 3.63) is 34.1 Å². The van der Waals surface area contributed by atoms with Gasteiger partial charge < -0.3 is 5.73 Å². The fourth-order valence-corrected chi connectivity index (χ4v) is 2.29. The molecule has 2 N–H and O–H groups in total. The second-order valence-electron chi connectivity index (χ2n) is 3.95. The topological polar surface area (TPSA) is 26.0 Å². The molecule has 1 atom stereocenters. The molecule has 0 spiro atoms. The van der Waals surface area contributed by atoms with Crippen molar-refractivity contribution in [3.8, 4) is 0 Å². The summed E-state index contributed by atoms with van der Waals surface area (Å²) in [6.07, 6.45) is 3.61. The van der Waals surface area contributed by atoms with E-state index in [1.807, 2.05) is 0 Å². The molecule has 0 radical (unpaired) electrons. The third kappa shape index (κ3) is 2.34. The standard InChI is InChI=1S/C11H13BrFN/c12-10-6-8(13)3-4-9(10)11(14)5-7-1-2-7/h3-4,6-7,11H,1-2,5,14H2/t11-/m0/s1. The summed E-state index contributed by atoms with van der Waals surface area (Å²) in [7, 11) is 0. The molecule has 1 aliphatic rings. The molecule has 0 aromatic heterocycles. The molecular weight excluding hydrogens is 245 g/mol. The maximum atomic E-state index is 12.8. The van der Waals surface area contributed by atoms with Gasteiger partial charge in [-0.15, -0.1) is 0 Å². The first-order chi connectivity index (χ1) is 6.66. The third-order valence-electron chi connectivity index (χ3n) is 2.65. The van der Waals surface area contributed by atoms with Crippen molar-refractivity contribution >= 4 is 15.9 Å². The van der Waals surface area contributed by atoms with Crippen LogP contribution in [0.1, 0.15) is 30.9 Å². The Hall–Kier alpha value is -0.410. The van der Waals surface area contributed by atoms with Crippen molar-refractivity contribution in [1.82, 2.24) is 0 Å². The molecule has 0 heterocycles. The number of nitrogens with two attached hydrogens (primary N) is 1. The van der Waals surface area contributed by atoms with Crippen molar-refractivity contribution in [2.24, 2.45) is 11.7 Å². The van der Waals surface area contributed by atoms with Crippen LogP contribution in [0.3, 0.4) is 0 Å². The molecule has 2 rings (SSSR count). The normalized spacial score (nSPS) is 18.2. The molecule has 0 amide bonds. The molecule has 0 aliphatic heterocycles. The predicted octanol–water partition coefficient (Wildman–Crippen LogP) is 3.39. The van der Waals surface area contributed by atoms with E-state index in [0.717, 1.165) is 22.4 Å². The average molecular weight is 258 g/mol. The molecule has 76 valence electrons. The van der Waals surface area contributed by atoms with Gasteiger partial charge in [0.1, 0.15) is 5.82 Å². The van der Waals surface area contributed by atoms with E-state index >= 15 is 0 Å². The highest BCUT2D eigenvalue weighted by Crippen LogP contribution is 2.38. The van der Waals surface area contributed by atoms with Crippen LogP contribution in [0.4, 0.5) is 4.39 Å². The zero-order valence-electron chi connectivity index (χ0n) is 7.84. The molecule has 0 unspecified atom stereocenters. The minimum atomic E-state index is -0.223. The summed E-state index contributed by atoms with van der Waals surface area (Å²) in [5, 5.41) is 0. The van der Waals surface area contributed by atoms with Crippen LogP contribution in [0.2, 0.25) is 0 Å². The van der Waals surface area contributed by atoms with Crippen LogP contribution >= 0.6 is 15.9 Å². The molecule has 1 fully saturated rings. The van der Waals surface area contributed by atoms with E-state index in [0.29, 0.717) is 0 Å². The molecule has 1 aromatic carbocycles. The number of benzene rings is 1. The highest BCUT2D eigenvalue weighted by molar-refractivity contribution is 9.10. The summed E-state index contributed by atoms with van der Waals surface area (Å²) in [5.41, 5.74) is 7.05. The highest BCUT2D eigenvalue weighted by Gasteiger charge is 2.25.